The number of benzene rings is 1. The Labute approximate surface area is 177 Å². The summed E-state index contributed by atoms with van der Waals surface area (Å²) in [5, 5.41) is 6.52. The summed E-state index contributed by atoms with van der Waals surface area (Å²) in [5.41, 5.74) is 1.14. The Balaban J connectivity index is 1.43. The van der Waals surface area contributed by atoms with Crippen molar-refractivity contribution in [1.82, 2.24) is 19.9 Å². The number of piperazine rings is 1. The minimum Gasteiger partial charge on any atom is -0.360 e. The molecule has 2 heterocycles. The first-order valence-electron chi connectivity index (χ1n) is 10.4. The van der Waals surface area contributed by atoms with Crippen LogP contribution in [0.4, 0.5) is 5.82 Å². The summed E-state index contributed by atoms with van der Waals surface area (Å²) in [5.74, 6) is 1.13. The van der Waals surface area contributed by atoms with Crippen molar-refractivity contribution in [3.05, 3.63) is 47.7 Å². The van der Waals surface area contributed by atoms with Crippen LogP contribution < -0.4 is 5.32 Å². The first-order chi connectivity index (χ1) is 14.4. The lowest BCUT2D eigenvalue weighted by atomic mass is 10.2. The number of carbonyl (C=O) groups is 2. The van der Waals surface area contributed by atoms with E-state index in [1.165, 1.54) is 0 Å². The van der Waals surface area contributed by atoms with E-state index in [4.69, 9.17) is 4.52 Å². The van der Waals surface area contributed by atoms with Crippen molar-refractivity contribution in [2.24, 2.45) is 0 Å². The van der Waals surface area contributed by atoms with Crippen LogP contribution in [0.2, 0.25) is 0 Å². The number of nitrogens with zero attached hydrogens (tertiary/aromatic N) is 4. The van der Waals surface area contributed by atoms with Gasteiger partial charge in [0.25, 0.3) is 0 Å². The lowest BCUT2D eigenvalue weighted by molar-refractivity contribution is -0.135. The third kappa shape index (κ3) is 6.40. The monoisotopic (exact) mass is 413 g/mol. The van der Waals surface area contributed by atoms with E-state index in [0.29, 0.717) is 31.2 Å². The van der Waals surface area contributed by atoms with Crippen LogP contribution in [0.15, 0.2) is 40.9 Å². The molecule has 1 aromatic heterocycles. The lowest BCUT2D eigenvalue weighted by Gasteiger charge is -2.35. The van der Waals surface area contributed by atoms with Gasteiger partial charge in [0.15, 0.2) is 5.82 Å². The van der Waals surface area contributed by atoms with Crippen LogP contribution in [0.25, 0.3) is 0 Å². The van der Waals surface area contributed by atoms with E-state index in [1.54, 1.807) is 13.0 Å². The van der Waals surface area contributed by atoms with Crippen molar-refractivity contribution < 1.29 is 14.1 Å². The molecule has 8 nitrogen and oxygen atoms in total. The first-order valence-corrected chi connectivity index (χ1v) is 10.4. The maximum Gasteiger partial charge on any atom is 0.239 e. The van der Waals surface area contributed by atoms with Gasteiger partial charge in [-0.2, -0.15) is 0 Å². The minimum absolute atomic E-state index is 0.110. The third-order valence-electron chi connectivity index (χ3n) is 5.23. The maximum absolute atomic E-state index is 12.9. The fraction of sp³-hybridized carbons (Fsp3) is 0.500. The van der Waals surface area contributed by atoms with Crippen molar-refractivity contribution in [2.45, 2.75) is 33.4 Å². The second-order valence-electron chi connectivity index (χ2n) is 8.02. The molecule has 1 aliphatic heterocycles. The largest absolute Gasteiger partial charge is 0.360 e. The average molecular weight is 414 g/mol. The summed E-state index contributed by atoms with van der Waals surface area (Å²) in [4.78, 5) is 31.3. The predicted molar refractivity (Wildman–Crippen MR) is 115 cm³/mol. The average Bonchev–Trinajstić information content (AvgIpc) is 3.12. The molecule has 0 aliphatic carbocycles. The number of hydrogen-bond acceptors (Lipinski definition) is 6. The van der Waals surface area contributed by atoms with Gasteiger partial charge in [-0.25, -0.2) is 0 Å². The summed E-state index contributed by atoms with van der Waals surface area (Å²) in [6, 6.07) is 11.9. The number of nitrogens with one attached hydrogen (secondary N) is 1. The molecule has 1 aromatic carbocycles. The summed E-state index contributed by atoms with van der Waals surface area (Å²) < 4.78 is 4.96. The van der Waals surface area contributed by atoms with E-state index in [2.05, 4.69) is 20.3 Å². The van der Waals surface area contributed by atoms with Gasteiger partial charge in [-0.15, -0.1) is 0 Å². The van der Waals surface area contributed by atoms with E-state index in [1.807, 2.05) is 49.1 Å². The Morgan fingerprint density at radius 2 is 1.73 bits per heavy atom. The van der Waals surface area contributed by atoms with Crippen LogP contribution in [-0.2, 0) is 16.1 Å². The minimum atomic E-state index is -0.110. The highest BCUT2D eigenvalue weighted by Gasteiger charge is 2.24. The van der Waals surface area contributed by atoms with Gasteiger partial charge in [-0.3, -0.25) is 19.4 Å². The zero-order chi connectivity index (χ0) is 21.5. The second-order valence-corrected chi connectivity index (χ2v) is 8.02. The van der Waals surface area contributed by atoms with Crippen molar-refractivity contribution in [2.75, 3.05) is 44.6 Å². The number of aryl methyl sites for hydroxylation is 1. The molecule has 30 heavy (non-hydrogen) atoms. The van der Waals surface area contributed by atoms with Gasteiger partial charge < -0.3 is 14.7 Å². The van der Waals surface area contributed by atoms with E-state index >= 15 is 0 Å². The number of carbonyl (C=O) groups excluding carboxylic acids is 2. The van der Waals surface area contributed by atoms with E-state index in [9.17, 15) is 9.59 Å². The predicted octanol–water partition coefficient (Wildman–Crippen LogP) is 1.98. The molecule has 1 N–H and O–H groups in total. The molecule has 2 amide bonds. The summed E-state index contributed by atoms with van der Waals surface area (Å²) in [6.45, 7) is 10.2. The molecular weight excluding hydrogens is 382 g/mol. The summed E-state index contributed by atoms with van der Waals surface area (Å²) in [7, 11) is 0. The Morgan fingerprint density at radius 3 is 2.30 bits per heavy atom. The first kappa shape index (κ1) is 22.0. The summed E-state index contributed by atoms with van der Waals surface area (Å²) >= 11 is 0. The molecule has 162 valence electrons. The molecule has 3 rings (SSSR count). The van der Waals surface area contributed by atoms with E-state index in [0.717, 1.165) is 31.7 Å². The number of anilines is 1. The van der Waals surface area contributed by atoms with Gasteiger partial charge in [-0.1, -0.05) is 35.5 Å². The Morgan fingerprint density at radius 1 is 1.10 bits per heavy atom. The van der Waals surface area contributed by atoms with Crippen molar-refractivity contribution in [1.29, 1.82) is 0 Å². The van der Waals surface area contributed by atoms with Crippen LogP contribution in [0.3, 0.4) is 0 Å². The zero-order valence-electron chi connectivity index (χ0n) is 18.0. The summed E-state index contributed by atoms with van der Waals surface area (Å²) in [6.07, 6.45) is 0. The van der Waals surface area contributed by atoms with Gasteiger partial charge in [0, 0.05) is 44.8 Å². The molecule has 0 spiro atoms. The highest BCUT2D eigenvalue weighted by atomic mass is 16.5. The highest BCUT2D eigenvalue weighted by molar-refractivity contribution is 5.91. The number of aromatic nitrogens is 1. The molecule has 0 bridgehead atoms. The second kappa shape index (κ2) is 10.4. The topological polar surface area (TPSA) is 81.9 Å². The van der Waals surface area contributed by atoms with Crippen molar-refractivity contribution in [3.8, 4) is 0 Å². The molecule has 0 saturated carbocycles. The van der Waals surface area contributed by atoms with E-state index in [-0.39, 0.29) is 17.9 Å². The van der Waals surface area contributed by atoms with E-state index < -0.39 is 0 Å². The fourth-order valence-corrected chi connectivity index (χ4v) is 3.54. The zero-order valence-corrected chi connectivity index (χ0v) is 18.0. The van der Waals surface area contributed by atoms with Gasteiger partial charge in [-0.05, 0) is 26.3 Å². The van der Waals surface area contributed by atoms with Gasteiger partial charge in [0.05, 0.1) is 13.1 Å². The molecule has 0 radical (unpaired) electrons. The quantitative estimate of drug-likeness (QED) is 0.713. The molecule has 8 heteroatoms. The van der Waals surface area contributed by atoms with Gasteiger partial charge in [0.1, 0.15) is 5.76 Å². The Kier molecular flexibility index (Phi) is 7.59. The molecule has 0 unspecified atom stereocenters. The van der Waals surface area contributed by atoms with Gasteiger partial charge in [0.2, 0.25) is 11.8 Å². The Bertz CT molecular complexity index is 828. The molecule has 1 fully saturated rings. The molecule has 0 atom stereocenters. The normalized spacial score (nSPS) is 15.3. The number of hydrogen-bond donors (Lipinski definition) is 1. The van der Waals surface area contributed by atoms with Crippen LogP contribution in [-0.4, -0.2) is 77.0 Å². The molecular formula is C22H31N5O3. The standard InChI is InChI=1S/C22H31N5O3/c1-17(2)27(14-19-7-5-4-6-8-19)22(29)16-26-11-9-25(10-12-26)15-21(28)23-20-13-18(3)30-24-20/h4-8,13,17H,9-12,14-16H2,1-3H3,(H,23,24,28). The van der Waals surface area contributed by atoms with Gasteiger partial charge >= 0.3 is 0 Å². The lowest BCUT2D eigenvalue weighted by Crippen LogP contribution is -2.52. The van der Waals surface area contributed by atoms with Crippen molar-refractivity contribution in [3.63, 3.8) is 0 Å². The number of rotatable bonds is 8. The van der Waals surface area contributed by atoms with Crippen LogP contribution >= 0.6 is 0 Å². The van der Waals surface area contributed by atoms with Crippen LogP contribution in [0, 0.1) is 6.92 Å². The number of amides is 2. The molecule has 1 aliphatic rings. The third-order valence-corrected chi connectivity index (χ3v) is 5.23. The maximum atomic E-state index is 12.9. The molecule has 1 saturated heterocycles. The smallest absolute Gasteiger partial charge is 0.239 e. The highest BCUT2D eigenvalue weighted by Crippen LogP contribution is 2.11. The van der Waals surface area contributed by atoms with Crippen molar-refractivity contribution >= 4 is 17.6 Å². The van der Waals surface area contributed by atoms with Crippen LogP contribution in [0.5, 0.6) is 0 Å². The SMILES string of the molecule is Cc1cc(NC(=O)CN2CCN(CC(=O)N(Cc3ccccc3)C(C)C)CC2)no1. The molecule has 2 aromatic rings. The van der Waals surface area contributed by atoms with Crippen LogP contribution in [0.1, 0.15) is 25.2 Å². The Hall–Kier alpha value is -2.71. The fourth-order valence-electron chi connectivity index (χ4n) is 3.54.